The third kappa shape index (κ3) is 2.67. The molecule has 1 aliphatic rings. The molecule has 0 saturated carbocycles. The third-order valence-corrected chi connectivity index (χ3v) is 4.03. The van der Waals surface area contributed by atoms with Crippen LogP contribution in [0.3, 0.4) is 0 Å². The van der Waals surface area contributed by atoms with Gasteiger partial charge in [0.2, 0.25) is 0 Å². The van der Waals surface area contributed by atoms with Gasteiger partial charge in [0.25, 0.3) is 0 Å². The van der Waals surface area contributed by atoms with E-state index in [0.29, 0.717) is 5.92 Å². The standard InChI is InChI=1S/C17H18ClNO/c1-19-10-13-9-15(18)6-7-17(13)20-11-14-8-12-4-2-3-5-16(12)14/h2-7,9,14,19H,8,10-11H2,1H3. The van der Waals surface area contributed by atoms with Gasteiger partial charge in [-0.05, 0) is 42.8 Å². The molecule has 104 valence electrons. The van der Waals surface area contributed by atoms with Crippen molar-refractivity contribution in [2.24, 2.45) is 0 Å². The van der Waals surface area contributed by atoms with Crippen LogP contribution in [0.25, 0.3) is 0 Å². The molecule has 1 unspecified atom stereocenters. The molecule has 0 aliphatic heterocycles. The molecule has 0 saturated heterocycles. The minimum Gasteiger partial charge on any atom is -0.493 e. The van der Waals surface area contributed by atoms with Crippen LogP contribution in [-0.2, 0) is 13.0 Å². The lowest BCUT2D eigenvalue weighted by molar-refractivity contribution is 0.272. The zero-order chi connectivity index (χ0) is 13.9. The lowest BCUT2D eigenvalue weighted by atomic mass is 9.78. The highest BCUT2D eigenvalue weighted by Gasteiger charge is 2.26. The molecule has 1 atom stereocenters. The van der Waals surface area contributed by atoms with E-state index in [1.54, 1.807) is 0 Å². The van der Waals surface area contributed by atoms with E-state index in [0.717, 1.165) is 35.9 Å². The Labute approximate surface area is 124 Å². The van der Waals surface area contributed by atoms with Crippen molar-refractivity contribution in [3.63, 3.8) is 0 Å². The average Bonchev–Trinajstić information content (AvgIpc) is 2.42. The van der Waals surface area contributed by atoms with Crippen molar-refractivity contribution < 1.29 is 4.74 Å². The second-order valence-electron chi connectivity index (χ2n) is 5.19. The highest BCUT2D eigenvalue weighted by molar-refractivity contribution is 6.30. The summed E-state index contributed by atoms with van der Waals surface area (Å²) in [6.45, 7) is 1.49. The fourth-order valence-corrected chi connectivity index (χ4v) is 2.91. The number of rotatable bonds is 5. The van der Waals surface area contributed by atoms with Crippen LogP contribution in [0, 0.1) is 0 Å². The van der Waals surface area contributed by atoms with E-state index in [9.17, 15) is 0 Å². The van der Waals surface area contributed by atoms with Gasteiger partial charge >= 0.3 is 0 Å². The first kappa shape index (κ1) is 13.5. The number of nitrogens with one attached hydrogen (secondary N) is 1. The van der Waals surface area contributed by atoms with Crippen molar-refractivity contribution >= 4 is 11.6 Å². The Morgan fingerprint density at radius 1 is 1.25 bits per heavy atom. The molecule has 0 radical (unpaired) electrons. The maximum atomic E-state index is 6.04. The number of benzene rings is 2. The topological polar surface area (TPSA) is 21.3 Å². The summed E-state index contributed by atoms with van der Waals surface area (Å²) in [5.41, 5.74) is 3.98. The SMILES string of the molecule is CNCc1cc(Cl)ccc1OCC1Cc2ccccc21. The van der Waals surface area contributed by atoms with Gasteiger partial charge < -0.3 is 10.1 Å². The van der Waals surface area contributed by atoms with Gasteiger partial charge in [0.1, 0.15) is 5.75 Å². The molecular formula is C17H18ClNO. The maximum Gasteiger partial charge on any atom is 0.123 e. The Morgan fingerprint density at radius 3 is 2.90 bits per heavy atom. The maximum absolute atomic E-state index is 6.04. The van der Waals surface area contributed by atoms with Gasteiger partial charge in [0, 0.05) is 23.0 Å². The monoisotopic (exact) mass is 287 g/mol. The minimum atomic E-state index is 0.518. The van der Waals surface area contributed by atoms with Crippen LogP contribution < -0.4 is 10.1 Å². The van der Waals surface area contributed by atoms with Crippen LogP contribution >= 0.6 is 11.6 Å². The smallest absolute Gasteiger partial charge is 0.123 e. The van der Waals surface area contributed by atoms with E-state index >= 15 is 0 Å². The molecule has 0 bridgehead atoms. The van der Waals surface area contributed by atoms with Gasteiger partial charge in [0.05, 0.1) is 6.61 Å². The fourth-order valence-electron chi connectivity index (χ4n) is 2.72. The van der Waals surface area contributed by atoms with Crippen molar-refractivity contribution in [3.8, 4) is 5.75 Å². The van der Waals surface area contributed by atoms with Crippen LogP contribution in [-0.4, -0.2) is 13.7 Å². The van der Waals surface area contributed by atoms with E-state index in [-0.39, 0.29) is 0 Å². The summed E-state index contributed by atoms with van der Waals surface area (Å²) in [6, 6.07) is 14.4. The summed E-state index contributed by atoms with van der Waals surface area (Å²) in [7, 11) is 1.92. The molecule has 0 heterocycles. The Balaban J connectivity index is 1.68. The normalized spacial score (nSPS) is 16.4. The first-order chi connectivity index (χ1) is 9.78. The van der Waals surface area contributed by atoms with Crippen molar-refractivity contribution in [1.82, 2.24) is 5.32 Å². The fraction of sp³-hybridized carbons (Fsp3) is 0.294. The molecule has 0 aromatic heterocycles. The highest BCUT2D eigenvalue weighted by Crippen LogP contribution is 2.35. The lowest BCUT2D eigenvalue weighted by Gasteiger charge is -2.30. The summed E-state index contributed by atoms with van der Waals surface area (Å²) in [5.74, 6) is 1.44. The molecule has 1 aliphatic carbocycles. The Morgan fingerprint density at radius 2 is 2.10 bits per heavy atom. The van der Waals surface area contributed by atoms with Gasteiger partial charge in [-0.2, -0.15) is 0 Å². The van der Waals surface area contributed by atoms with Gasteiger partial charge in [-0.3, -0.25) is 0 Å². The molecule has 2 nitrogen and oxygen atoms in total. The number of hydrogen-bond donors (Lipinski definition) is 1. The molecular weight excluding hydrogens is 270 g/mol. The van der Waals surface area contributed by atoms with Crippen molar-refractivity contribution in [1.29, 1.82) is 0 Å². The summed E-state index contributed by atoms with van der Waals surface area (Å²) in [5, 5.41) is 3.89. The van der Waals surface area contributed by atoms with Crippen LogP contribution in [0.5, 0.6) is 5.75 Å². The summed E-state index contributed by atoms with van der Waals surface area (Å²) < 4.78 is 6.01. The van der Waals surface area contributed by atoms with E-state index in [2.05, 4.69) is 29.6 Å². The predicted octanol–water partition coefficient (Wildman–Crippen LogP) is 3.78. The zero-order valence-corrected chi connectivity index (χ0v) is 12.3. The second kappa shape index (κ2) is 5.86. The minimum absolute atomic E-state index is 0.518. The van der Waals surface area contributed by atoms with Crippen LogP contribution in [0.4, 0.5) is 0 Å². The molecule has 20 heavy (non-hydrogen) atoms. The number of ether oxygens (including phenoxy) is 1. The van der Waals surface area contributed by atoms with Crippen molar-refractivity contribution in [3.05, 3.63) is 64.2 Å². The molecule has 2 aromatic rings. The largest absolute Gasteiger partial charge is 0.493 e. The summed E-state index contributed by atoms with van der Waals surface area (Å²) in [6.07, 6.45) is 1.12. The molecule has 3 rings (SSSR count). The number of hydrogen-bond acceptors (Lipinski definition) is 2. The molecule has 2 aromatic carbocycles. The van der Waals surface area contributed by atoms with E-state index < -0.39 is 0 Å². The van der Waals surface area contributed by atoms with Gasteiger partial charge in [-0.25, -0.2) is 0 Å². The van der Waals surface area contributed by atoms with E-state index in [1.165, 1.54) is 11.1 Å². The van der Waals surface area contributed by atoms with Gasteiger partial charge in [0.15, 0.2) is 0 Å². The van der Waals surface area contributed by atoms with Crippen molar-refractivity contribution in [2.45, 2.75) is 18.9 Å². The highest BCUT2D eigenvalue weighted by atomic mass is 35.5. The summed E-state index contributed by atoms with van der Waals surface area (Å²) in [4.78, 5) is 0. The van der Waals surface area contributed by atoms with E-state index in [1.807, 2.05) is 25.2 Å². The predicted molar refractivity (Wildman–Crippen MR) is 82.6 cm³/mol. The number of fused-ring (bicyclic) bond motifs is 1. The average molecular weight is 288 g/mol. The Bertz CT molecular complexity index is 612. The third-order valence-electron chi connectivity index (χ3n) is 3.79. The quantitative estimate of drug-likeness (QED) is 0.904. The zero-order valence-electron chi connectivity index (χ0n) is 11.5. The first-order valence-corrected chi connectivity index (χ1v) is 7.29. The Hall–Kier alpha value is -1.51. The van der Waals surface area contributed by atoms with Gasteiger partial charge in [-0.1, -0.05) is 35.9 Å². The van der Waals surface area contributed by atoms with Crippen LogP contribution in [0.1, 0.15) is 22.6 Å². The lowest BCUT2D eigenvalue weighted by Crippen LogP contribution is -2.23. The van der Waals surface area contributed by atoms with Gasteiger partial charge in [-0.15, -0.1) is 0 Å². The number of halogens is 1. The second-order valence-corrected chi connectivity index (χ2v) is 5.63. The van der Waals surface area contributed by atoms with Crippen LogP contribution in [0.15, 0.2) is 42.5 Å². The van der Waals surface area contributed by atoms with Crippen molar-refractivity contribution in [2.75, 3.05) is 13.7 Å². The molecule has 3 heteroatoms. The molecule has 0 amide bonds. The molecule has 1 N–H and O–H groups in total. The molecule has 0 spiro atoms. The van der Waals surface area contributed by atoms with E-state index in [4.69, 9.17) is 16.3 Å². The Kier molecular flexibility index (Phi) is 3.95. The van der Waals surface area contributed by atoms with Crippen LogP contribution in [0.2, 0.25) is 5.02 Å². The summed E-state index contributed by atoms with van der Waals surface area (Å²) >= 11 is 6.04. The first-order valence-electron chi connectivity index (χ1n) is 6.91. The molecule has 0 fully saturated rings.